The van der Waals surface area contributed by atoms with Crippen LogP contribution in [0.1, 0.15) is 46.0 Å². The van der Waals surface area contributed by atoms with E-state index in [0.717, 1.165) is 45.2 Å². The zero-order chi connectivity index (χ0) is 11.1. The van der Waals surface area contributed by atoms with Gasteiger partial charge in [-0.25, -0.2) is 0 Å². The fourth-order valence-electron chi connectivity index (χ4n) is 2.13. The van der Waals surface area contributed by atoms with Gasteiger partial charge >= 0.3 is 0 Å². The van der Waals surface area contributed by atoms with Crippen molar-refractivity contribution >= 4 is 5.91 Å². The van der Waals surface area contributed by atoms with Gasteiger partial charge < -0.3 is 10.6 Å². The zero-order valence-electron chi connectivity index (χ0n) is 10.0. The first-order valence-electron chi connectivity index (χ1n) is 6.29. The van der Waals surface area contributed by atoms with Crippen molar-refractivity contribution in [1.82, 2.24) is 10.6 Å². The molecule has 0 spiro atoms. The molecule has 88 valence electrons. The summed E-state index contributed by atoms with van der Waals surface area (Å²) in [5.41, 5.74) is 0. The van der Waals surface area contributed by atoms with Crippen LogP contribution in [0.25, 0.3) is 0 Å². The Balaban J connectivity index is 2.31. The molecule has 0 aromatic heterocycles. The average Bonchev–Trinajstić information content (AvgIpc) is 2.29. The van der Waals surface area contributed by atoms with E-state index in [2.05, 4.69) is 24.5 Å². The molecule has 1 aliphatic rings. The van der Waals surface area contributed by atoms with Crippen molar-refractivity contribution in [1.29, 1.82) is 0 Å². The minimum atomic E-state index is 0.247. The highest BCUT2D eigenvalue weighted by atomic mass is 16.1. The van der Waals surface area contributed by atoms with Crippen molar-refractivity contribution in [2.45, 2.75) is 52.0 Å². The van der Waals surface area contributed by atoms with Crippen molar-refractivity contribution in [3.63, 3.8) is 0 Å². The van der Waals surface area contributed by atoms with Crippen LogP contribution < -0.4 is 10.6 Å². The number of nitrogens with one attached hydrogen (secondary N) is 2. The van der Waals surface area contributed by atoms with Crippen LogP contribution in [-0.2, 0) is 4.79 Å². The molecule has 1 rings (SSSR count). The lowest BCUT2D eigenvalue weighted by molar-refractivity contribution is -0.126. The third kappa shape index (κ3) is 4.20. The predicted molar refractivity (Wildman–Crippen MR) is 62.7 cm³/mol. The Kier molecular flexibility index (Phi) is 5.69. The van der Waals surface area contributed by atoms with Crippen molar-refractivity contribution in [2.24, 2.45) is 5.92 Å². The molecule has 2 N–H and O–H groups in total. The van der Waals surface area contributed by atoms with Crippen LogP contribution in [0.3, 0.4) is 0 Å². The van der Waals surface area contributed by atoms with E-state index in [-0.39, 0.29) is 11.8 Å². The molecule has 0 aromatic rings. The van der Waals surface area contributed by atoms with Gasteiger partial charge in [0.2, 0.25) is 5.91 Å². The highest BCUT2D eigenvalue weighted by molar-refractivity contribution is 5.79. The lowest BCUT2D eigenvalue weighted by atomic mass is 9.96. The van der Waals surface area contributed by atoms with E-state index in [1.807, 2.05) is 0 Å². The van der Waals surface area contributed by atoms with Crippen molar-refractivity contribution in [3.05, 3.63) is 0 Å². The Morgan fingerprint density at radius 3 is 2.60 bits per heavy atom. The van der Waals surface area contributed by atoms with Gasteiger partial charge in [0.05, 0.1) is 0 Å². The Labute approximate surface area is 93.0 Å². The first-order valence-corrected chi connectivity index (χ1v) is 6.29. The maximum absolute atomic E-state index is 11.9. The minimum absolute atomic E-state index is 0.247. The molecule has 3 heteroatoms. The highest BCUT2D eigenvalue weighted by Gasteiger charge is 2.22. The number of amides is 1. The first-order chi connectivity index (χ1) is 7.27. The van der Waals surface area contributed by atoms with Gasteiger partial charge in [0, 0.05) is 12.0 Å². The molecule has 15 heavy (non-hydrogen) atoms. The summed E-state index contributed by atoms with van der Waals surface area (Å²) in [5, 5.41) is 6.45. The number of hydrogen-bond donors (Lipinski definition) is 2. The second-order valence-corrected chi connectivity index (χ2v) is 4.43. The second-order valence-electron chi connectivity index (χ2n) is 4.43. The van der Waals surface area contributed by atoms with Crippen molar-refractivity contribution in [3.8, 4) is 0 Å². The van der Waals surface area contributed by atoms with Gasteiger partial charge in [-0.3, -0.25) is 4.79 Å². The minimum Gasteiger partial charge on any atom is -0.353 e. The molecule has 1 aliphatic heterocycles. The fraction of sp³-hybridized carbons (Fsp3) is 0.917. The van der Waals surface area contributed by atoms with E-state index in [9.17, 15) is 4.79 Å². The lowest BCUT2D eigenvalue weighted by Crippen LogP contribution is -2.42. The fourth-order valence-corrected chi connectivity index (χ4v) is 2.13. The summed E-state index contributed by atoms with van der Waals surface area (Å²) in [6, 6.07) is 0.386. The van der Waals surface area contributed by atoms with E-state index >= 15 is 0 Å². The van der Waals surface area contributed by atoms with Gasteiger partial charge in [0.1, 0.15) is 0 Å². The van der Waals surface area contributed by atoms with E-state index in [0.29, 0.717) is 6.04 Å². The van der Waals surface area contributed by atoms with Crippen LogP contribution in [0.4, 0.5) is 0 Å². The normalized spacial score (nSPS) is 19.9. The lowest BCUT2D eigenvalue weighted by Gasteiger charge is -2.24. The first kappa shape index (κ1) is 12.5. The number of carbonyl (C=O) groups excluding carboxylic acids is 1. The summed E-state index contributed by atoms with van der Waals surface area (Å²) >= 11 is 0. The molecule has 1 saturated heterocycles. The van der Waals surface area contributed by atoms with Gasteiger partial charge in [-0.2, -0.15) is 0 Å². The standard InChI is InChI=1S/C12H24N2O/c1-3-5-11(4-2)14-12(15)10-6-8-13-9-7-10/h10-11,13H,3-9H2,1-2H3,(H,14,15). The summed E-state index contributed by atoms with van der Waals surface area (Å²) < 4.78 is 0. The number of rotatable bonds is 5. The Hall–Kier alpha value is -0.570. The third-order valence-corrected chi connectivity index (χ3v) is 3.19. The van der Waals surface area contributed by atoms with Gasteiger partial charge in [0.15, 0.2) is 0 Å². The topological polar surface area (TPSA) is 41.1 Å². The third-order valence-electron chi connectivity index (χ3n) is 3.19. The summed E-state index contributed by atoms with van der Waals surface area (Å²) in [4.78, 5) is 11.9. The van der Waals surface area contributed by atoms with Crippen LogP contribution in [0, 0.1) is 5.92 Å². The molecule has 0 bridgehead atoms. The largest absolute Gasteiger partial charge is 0.353 e. The van der Waals surface area contributed by atoms with E-state index < -0.39 is 0 Å². The summed E-state index contributed by atoms with van der Waals surface area (Å²) in [6.07, 6.45) is 5.28. The number of carbonyl (C=O) groups is 1. The van der Waals surface area contributed by atoms with Crippen LogP contribution in [0.2, 0.25) is 0 Å². The monoisotopic (exact) mass is 212 g/mol. The van der Waals surface area contributed by atoms with Gasteiger partial charge in [0.25, 0.3) is 0 Å². The maximum Gasteiger partial charge on any atom is 0.223 e. The number of piperidine rings is 1. The van der Waals surface area contributed by atoms with Gasteiger partial charge in [-0.1, -0.05) is 20.3 Å². The molecule has 1 atom stereocenters. The van der Waals surface area contributed by atoms with Crippen molar-refractivity contribution < 1.29 is 4.79 Å². The van der Waals surface area contributed by atoms with E-state index in [4.69, 9.17) is 0 Å². The molecule has 0 radical (unpaired) electrons. The Bertz CT molecular complexity index is 188. The van der Waals surface area contributed by atoms with E-state index in [1.165, 1.54) is 0 Å². The molecule has 1 heterocycles. The van der Waals surface area contributed by atoms with Gasteiger partial charge in [-0.15, -0.1) is 0 Å². The summed E-state index contributed by atoms with van der Waals surface area (Å²) in [7, 11) is 0. The molecular weight excluding hydrogens is 188 g/mol. The molecule has 1 unspecified atom stereocenters. The van der Waals surface area contributed by atoms with Crippen LogP contribution in [-0.4, -0.2) is 25.0 Å². The molecule has 0 aromatic carbocycles. The van der Waals surface area contributed by atoms with Crippen LogP contribution in [0.5, 0.6) is 0 Å². The molecule has 0 saturated carbocycles. The molecular formula is C12H24N2O. The van der Waals surface area contributed by atoms with Crippen molar-refractivity contribution in [2.75, 3.05) is 13.1 Å². The average molecular weight is 212 g/mol. The molecule has 3 nitrogen and oxygen atoms in total. The molecule has 0 aliphatic carbocycles. The van der Waals surface area contributed by atoms with Crippen LogP contribution in [0.15, 0.2) is 0 Å². The molecule has 1 amide bonds. The zero-order valence-corrected chi connectivity index (χ0v) is 10.0. The predicted octanol–water partition coefficient (Wildman–Crippen LogP) is 1.68. The number of hydrogen-bond acceptors (Lipinski definition) is 2. The highest BCUT2D eigenvalue weighted by Crippen LogP contribution is 2.12. The quantitative estimate of drug-likeness (QED) is 0.728. The summed E-state index contributed by atoms with van der Waals surface area (Å²) in [6.45, 7) is 6.29. The second kappa shape index (κ2) is 6.83. The summed E-state index contributed by atoms with van der Waals surface area (Å²) in [5.74, 6) is 0.522. The maximum atomic E-state index is 11.9. The van der Waals surface area contributed by atoms with Gasteiger partial charge in [-0.05, 0) is 38.8 Å². The van der Waals surface area contributed by atoms with Crippen LogP contribution >= 0.6 is 0 Å². The smallest absolute Gasteiger partial charge is 0.223 e. The molecule has 1 fully saturated rings. The Morgan fingerprint density at radius 2 is 2.07 bits per heavy atom. The Morgan fingerprint density at radius 1 is 1.40 bits per heavy atom. The van der Waals surface area contributed by atoms with E-state index in [1.54, 1.807) is 0 Å². The SMILES string of the molecule is CCCC(CC)NC(=O)C1CCNCC1.